The molecule has 1 aromatic carbocycles. The van der Waals surface area contributed by atoms with Gasteiger partial charge in [0.15, 0.2) is 0 Å². The lowest BCUT2D eigenvalue weighted by atomic mass is 10.0. The lowest BCUT2D eigenvalue weighted by molar-refractivity contribution is -0.895. The molecule has 0 saturated heterocycles. The minimum absolute atomic E-state index is 0.0239. The van der Waals surface area contributed by atoms with Crippen molar-refractivity contribution in [3.63, 3.8) is 0 Å². The topological polar surface area (TPSA) is 45.6 Å². The Hall–Kier alpha value is -1.56. The zero-order valence-corrected chi connectivity index (χ0v) is 13.8. The number of carbonyl (C=O) groups is 1. The summed E-state index contributed by atoms with van der Waals surface area (Å²) in [4.78, 5) is 15.4. The van der Waals surface area contributed by atoms with Crippen molar-refractivity contribution < 1.29 is 9.69 Å². The van der Waals surface area contributed by atoms with Crippen molar-refractivity contribution >= 4 is 33.8 Å². The standard InChI is InChI=1S/C16H16ClN3OS/c1-20-6-5-11-12(8-20)22-16-13(11)15(21)18-14(19-16)9-3-2-4-10(17)7-9/h2-4,7,14,19H,5-6,8H2,1H3,(H,18,21)/p+1/t14-/m0/s1. The van der Waals surface area contributed by atoms with E-state index in [9.17, 15) is 4.79 Å². The van der Waals surface area contributed by atoms with Crippen LogP contribution in [0.2, 0.25) is 5.02 Å². The largest absolute Gasteiger partial charge is 0.353 e. The highest BCUT2D eigenvalue weighted by Gasteiger charge is 2.33. The third-order valence-corrected chi connectivity index (χ3v) is 5.71. The number of hydrogen-bond acceptors (Lipinski definition) is 3. The number of carbonyl (C=O) groups excluding carboxylic acids is 1. The molecule has 0 saturated carbocycles. The van der Waals surface area contributed by atoms with Crippen molar-refractivity contribution in [2.45, 2.75) is 19.1 Å². The van der Waals surface area contributed by atoms with Crippen LogP contribution in [0.4, 0.5) is 5.00 Å². The fourth-order valence-corrected chi connectivity index (χ4v) is 4.77. The number of benzene rings is 1. The van der Waals surface area contributed by atoms with Crippen LogP contribution in [0.1, 0.15) is 32.5 Å². The van der Waals surface area contributed by atoms with Crippen molar-refractivity contribution in [3.05, 3.63) is 50.9 Å². The zero-order valence-electron chi connectivity index (χ0n) is 12.2. The van der Waals surface area contributed by atoms with Crippen molar-refractivity contribution in [3.8, 4) is 0 Å². The predicted molar refractivity (Wildman–Crippen MR) is 88.8 cm³/mol. The van der Waals surface area contributed by atoms with Gasteiger partial charge in [-0.15, -0.1) is 11.3 Å². The van der Waals surface area contributed by atoms with E-state index in [4.69, 9.17) is 11.6 Å². The second-order valence-corrected chi connectivity index (χ2v) is 7.49. The second-order valence-electron chi connectivity index (χ2n) is 5.95. The first kappa shape index (κ1) is 14.1. The van der Waals surface area contributed by atoms with Crippen LogP contribution in [0.25, 0.3) is 0 Å². The Morgan fingerprint density at radius 2 is 2.23 bits per heavy atom. The number of rotatable bonds is 1. The normalized spacial score (nSPS) is 23.3. The monoisotopic (exact) mass is 334 g/mol. The molecule has 1 aromatic heterocycles. The number of quaternary nitrogens is 1. The molecule has 1 unspecified atom stereocenters. The Kier molecular flexibility index (Phi) is 3.36. The molecule has 114 valence electrons. The van der Waals surface area contributed by atoms with Gasteiger partial charge in [0.1, 0.15) is 17.7 Å². The van der Waals surface area contributed by atoms with E-state index in [0.29, 0.717) is 5.02 Å². The Bertz CT molecular complexity index is 758. The van der Waals surface area contributed by atoms with E-state index in [-0.39, 0.29) is 12.1 Å². The summed E-state index contributed by atoms with van der Waals surface area (Å²) < 4.78 is 0. The van der Waals surface area contributed by atoms with E-state index in [1.807, 2.05) is 24.3 Å². The molecular formula is C16H17ClN3OS+. The quantitative estimate of drug-likeness (QED) is 0.745. The van der Waals surface area contributed by atoms with Gasteiger partial charge < -0.3 is 15.5 Å². The third-order valence-electron chi connectivity index (χ3n) is 4.31. The van der Waals surface area contributed by atoms with Gasteiger partial charge in [0.2, 0.25) is 0 Å². The molecule has 1 amide bonds. The van der Waals surface area contributed by atoms with Crippen molar-refractivity contribution in [2.24, 2.45) is 0 Å². The van der Waals surface area contributed by atoms with Crippen molar-refractivity contribution in [1.29, 1.82) is 0 Å². The molecule has 0 spiro atoms. The summed E-state index contributed by atoms with van der Waals surface area (Å²) in [7, 11) is 2.20. The van der Waals surface area contributed by atoms with Gasteiger partial charge in [0, 0.05) is 11.4 Å². The highest BCUT2D eigenvalue weighted by molar-refractivity contribution is 7.16. The van der Waals surface area contributed by atoms with Crippen molar-refractivity contribution in [1.82, 2.24) is 5.32 Å². The molecule has 2 aliphatic rings. The van der Waals surface area contributed by atoms with Crippen LogP contribution in [-0.4, -0.2) is 19.5 Å². The summed E-state index contributed by atoms with van der Waals surface area (Å²) in [6, 6.07) is 7.60. The smallest absolute Gasteiger partial charge is 0.256 e. The molecule has 3 N–H and O–H groups in total. The number of amides is 1. The van der Waals surface area contributed by atoms with Gasteiger partial charge in [-0.05, 0) is 23.3 Å². The van der Waals surface area contributed by atoms with Gasteiger partial charge in [-0.3, -0.25) is 4.79 Å². The second kappa shape index (κ2) is 5.26. The number of nitrogens with one attached hydrogen (secondary N) is 3. The molecule has 2 atom stereocenters. The number of fused-ring (bicyclic) bond motifs is 3. The molecule has 4 nitrogen and oxygen atoms in total. The van der Waals surface area contributed by atoms with Gasteiger partial charge in [-0.2, -0.15) is 0 Å². The van der Waals surface area contributed by atoms with Crippen LogP contribution >= 0.6 is 22.9 Å². The van der Waals surface area contributed by atoms with Crippen LogP contribution in [0.3, 0.4) is 0 Å². The first-order chi connectivity index (χ1) is 10.6. The van der Waals surface area contributed by atoms with Gasteiger partial charge in [-0.25, -0.2) is 0 Å². The molecule has 6 heteroatoms. The van der Waals surface area contributed by atoms with Crippen LogP contribution in [0.5, 0.6) is 0 Å². The Morgan fingerprint density at radius 3 is 3.05 bits per heavy atom. The van der Waals surface area contributed by atoms with E-state index < -0.39 is 0 Å². The van der Waals surface area contributed by atoms with E-state index in [0.717, 1.165) is 35.6 Å². The van der Waals surface area contributed by atoms with Gasteiger partial charge in [-0.1, -0.05) is 23.7 Å². The summed E-state index contributed by atoms with van der Waals surface area (Å²) in [5.74, 6) is 0.0239. The number of hydrogen-bond donors (Lipinski definition) is 3. The molecule has 22 heavy (non-hydrogen) atoms. The van der Waals surface area contributed by atoms with Gasteiger partial charge in [0.05, 0.1) is 24.0 Å². The Morgan fingerprint density at radius 1 is 1.36 bits per heavy atom. The highest BCUT2D eigenvalue weighted by Crippen LogP contribution is 2.39. The fraction of sp³-hybridized carbons (Fsp3) is 0.312. The molecule has 0 fully saturated rings. The Balaban J connectivity index is 1.71. The highest BCUT2D eigenvalue weighted by atomic mass is 35.5. The molecule has 0 bridgehead atoms. The molecule has 2 aliphatic heterocycles. The third kappa shape index (κ3) is 2.29. The summed E-state index contributed by atoms with van der Waals surface area (Å²) >= 11 is 7.78. The molecule has 0 radical (unpaired) electrons. The van der Waals surface area contributed by atoms with Crippen LogP contribution in [0.15, 0.2) is 24.3 Å². The summed E-state index contributed by atoms with van der Waals surface area (Å²) in [5.41, 5.74) is 3.06. The molecule has 2 aromatic rings. The maximum atomic E-state index is 12.6. The summed E-state index contributed by atoms with van der Waals surface area (Å²) in [6.45, 7) is 2.09. The van der Waals surface area contributed by atoms with E-state index in [2.05, 4.69) is 17.7 Å². The van der Waals surface area contributed by atoms with E-state index in [1.165, 1.54) is 15.3 Å². The first-order valence-corrected chi connectivity index (χ1v) is 8.60. The minimum Gasteiger partial charge on any atom is -0.353 e. The van der Waals surface area contributed by atoms with Crippen LogP contribution < -0.4 is 15.5 Å². The predicted octanol–water partition coefficient (Wildman–Crippen LogP) is 1.83. The fourth-order valence-electron chi connectivity index (χ4n) is 3.19. The maximum absolute atomic E-state index is 12.6. The van der Waals surface area contributed by atoms with Gasteiger partial charge >= 0.3 is 0 Å². The first-order valence-electron chi connectivity index (χ1n) is 7.40. The van der Waals surface area contributed by atoms with E-state index >= 15 is 0 Å². The van der Waals surface area contributed by atoms with Crippen LogP contribution in [0, 0.1) is 0 Å². The lowest BCUT2D eigenvalue weighted by Gasteiger charge is -2.27. The average molecular weight is 335 g/mol. The lowest BCUT2D eigenvalue weighted by Crippen LogP contribution is -3.08. The molecule has 0 aliphatic carbocycles. The SMILES string of the molecule is C[NH+]1CCc2c(sc3c2C(=O)N[C@H](c2cccc(Cl)c2)N3)C1. The maximum Gasteiger partial charge on any atom is 0.256 e. The Labute approximate surface area is 138 Å². The summed E-state index contributed by atoms with van der Waals surface area (Å²) in [6.07, 6.45) is 0.757. The van der Waals surface area contributed by atoms with Crippen molar-refractivity contribution in [2.75, 3.05) is 18.9 Å². The molecule has 4 rings (SSSR count). The number of halogens is 1. The molecular weight excluding hydrogens is 318 g/mol. The number of likely N-dealkylation sites (N-methyl/N-ethyl adjacent to an activating group) is 1. The van der Waals surface area contributed by atoms with Gasteiger partial charge in [0.25, 0.3) is 5.91 Å². The number of thiophene rings is 1. The number of anilines is 1. The zero-order chi connectivity index (χ0) is 15.3. The summed E-state index contributed by atoms with van der Waals surface area (Å²) in [5, 5.41) is 8.19. The van der Waals surface area contributed by atoms with Crippen LogP contribution in [-0.2, 0) is 13.0 Å². The average Bonchev–Trinajstić information content (AvgIpc) is 2.84. The molecule has 3 heterocycles. The minimum atomic E-state index is -0.219. The van der Waals surface area contributed by atoms with E-state index in [1.54, 1.807) is 11.3 Å².